The van der Waals surface area contributed by atoms with Gasteiger partial charge < -0.3 is 9.84 Å². The van der Waals surface area contributed by atoms with Crippen LogP contribution in [0.5, 0.6) is 0 Å². The summed E-state index contributed by atoms with van der Waals surface area (Å²) in [5.41, 5.74) is 2.61. The van der Waals surface area contributed by atoms with Gasteiger partial charge in [-0.15, -0.1) is 0 Å². The van der Waals surface area contributed by atoms with Gasteiger partial charge >= 0.3 is 5.97 Å². The number of esters is 1. The van der Waals surface area contributed by atoms with E-state index in [1.165, 1.54) is 95.5 Å². The van der Waals surface area contributed by atoms with Crippen molar-refractivity contribution in [2.45, 2.75) is 135 Å². The van der Waals surface area contributed by atoms with Crippen molar-refractivity contribution in [3.8, 4) is 0 Å². The fourth-order valence-electron chi connectivity index (χ4n) is 8.38. The van der Waals surface area contributed by atoms with Crippen LogP contribution < -0.4 is 0 Å². The van der Waals surface area contributed by atoms with Crippen molar-refractivity contribution in [1.29, 1.82) is 0 Å². The van der Waals surface area contributed by atoms with Crippen LogP contribution in [-0.2, 0) is 9.53 Å². The van der Waals surface area contributed by atoms with Crippen LogP contribution in [-0.4, -0.2) is 24.3 Å². The third-order valence-electron chi connectivity index (χ3n) is 11.1. The highest BCUT2D eigenvalue weighted by molar-refractivity contribution is 5.86. The molecule has 41 heavy (non-hydrogen) atoms. The first-order valence-corrected chi connectivity index (χ1v) is 17.1. The molecule has 1 unspecified atom stereocenters. The fourth-order valence-corrected chi connectivity index (χ4v) is 8.38. The Hall–Kier alpha value is -1.68. The Morgan fingerprint density at radius 1 is 0.927 bits per heavy atom. The lowest BCUT2D eigenvalue weighted by Crippen LogP contribution is -2.27. The molecule has 3 fully saturated rings. The van der Waals surface area contributed by atoms with E-state index < -0.39 is 0 Å². The Balaban J connectivity index is 1.18. The largest absolute Gasteiger partial charge is 0.462 e. The molecule has 0 saturated heterocycles. The number of ether oxygens (including phenoxy) is 1. The lowest BCUT2D eigenvalue weighted by molar-refractivity contribution is -0.140. The van der Waals surface area contributed by atoms with Crippen molar-refractivity contribution in [3.05, 3.63) is 47.3 Å². The molecule has 0 aliphatic heterocycles. The van der Waals surface area contributed by atoms with E-state index in [4.69, 9.17) is 4.74 Å². The van der Waals surface area contributed by atoms with Crippen molar-refractivity contribution in [3.63, 3.8) is 0 Å². The van der Waals surface area contributed by atoms with Crippen LogP contribution in [0.1, 0.15) is 146 Å². The maximum absolute atomic E-state index is 15.4. The van der Waals surface area contributed by atoms with Gasteiger partial charge in [-0.05, 0) is 130 Å². The van der Waals surface area contributed by atoms with Crippen molar-refractivity contribution < 1.29 is 19.0 Å². The number of benzene rings is 1. The second-order valence-corrected chi connectivity index (χ2v) is 14.0. The van der Waals surface area contributed by atoms with Crippen LogP contribution >= 0.6 is 0 Å². The highest BCUT2D eigenvalue weighted by Crippen LogP contribution is 2.46. The molecule has 3 saturated carbocycles. The number of aliphatic hydroxyl groups is 1. The SMILES string of the molecule is C=C(C)C(=O)OCC(CO)CC1CCC(C2CCC(c3ccc(C4CCC(CCCCC)CC4)cc3F)CC2)CC1. The Bertz CT molecular complexity index is 949. The first-order chi connectivity index (χ1) is 19.9. The van der Waals surface area contributed by atoms with Crippen molar-refractivity contribution in [2.75, 3.05) is 13.2 Å². The zero-order valence-electron chi connectivity index (χ0n) is 26.1. The average Bonchev–Trinajstić information content (AvgIpc) is 3.00. The number of carbonyl (C=O) groups excluding carboxylic acids is 1. The Labute approximate surface area is 249 Å². The first kappa shape index (κ1) is 32.2. The van der Waals surface area contributed by atoms with E-state index in [1.54, 1.807) is 6.92 Å². The molecule has 0 bridgehead atoms. The van der Waals surface area contributed by atoms with Gasteiger partial charge in [-0.25, -0.2) is 9.18 Å². The molecule has 1 N–H and O–H groups in total. The van der Waals surface area contributed by atoms with Crippen LogP contribution in [0.15, 0.2) is 30.4 Å². The van der Waals surface area contributed by atoms with Crippen LogP contribution in [0.3, 0.4) is 0 Å². The summed E-state index contributed by atoms with van der Waals surface area (Å²) in [5.74, 6) is 3.66. The highest BCUT2D eigenvalue weighted by Gasteiger charge is 2.33. The zero-order chi connectivity index (χ0) is 29.2. The summed E-state index contributed by atoms with van der Waals surface area (Å²) >= 11 is 0. The number of hydrogen-bond donors (Lipinski definition) is 1. The van der Waals surface area contributed by atoms with Gasteiger partial charge in [0.25, 0.3) is 0 Å². The number of halogens is 1. The molecule has 0 heterocycles. The third-order valence-corrected chi connectivity index (χ3v) is 11.1. The maximum Gasteiger partial charge on any atom is 0.333 e. The molecule has 1 atom stereocenters. The van der Waals surface area contributed by atoms with Gasteiger partial charge in [0.1, 0.15) is 5.82 Å². The van der Waals surface area contributed by atoms with Gasteiger partial charge in [-0.1, -0.05) is 64.2 Å². The first-order valence-electron chi connectivity index (χ1n) is 17.1. The Morgan fingerprint density at radius 3 is 2.12 bits per heavy atom. The summed E-state index contributed by atoms with van der Waals surface area (Å²) in [7, 11) is 0. The van der Waals surface area contributed by atoms with Gasteiger partial charge in [0.15, 0.2) is 0 Å². The van der Waals surface area contributed by atoms with Gasteiger partial charge in [-0.2, -0.15) is 0 Å². The predicted molar refractivity (Wildman–Crippen MR) is 166 cm³/mol. The summed E-state index contributed by atoms with van der Waals surface area (Å²) in [6.07, 6.45) is 21.0. The lowest BCUT2D eigenvalue weighted by Gasteiger charge is -2.38. The van der Waals surface area contributed by atoms with Crippen LogP contribution in [0, 0.1) is 35.4 Å². The molecule has 4 heteroatoms. The average molecular weight is 569 g/mol. The normalized spacial score (nSPS) is 29.6. The lowest BCUT2D eigenvalue weighted by atomic mass is 9.67. The minimum Gasteiger partial charge on any atom is -0.462 e. The Kier molecular flexibility index (Phi) is 12.8. The molecule has 4 rings (SSSR count). The molecule has 3 nitrogen and oxygen atoms in total. The minimum absolute atomic E-state index is 0.0159. The minimum atomic E-state index is -0.367. The maximum atomic E-state index is 15.4. The Morgan fingerprint density at radius 2 is 1.54 bits per heavy atom. The number of rotatable bonds is 13. The van der Waals surface area contributed by atoms with E-state index in [1.807, 2.05) is 6.07 Å². The summed E-state index contributed by atoms with van der Waals surface area (Å²) < 4.78 is 20.7. The molecule has 1 aromatic carbocycles. The molecule has 3 aliphatic carbocycles. The highest BCUT2D eigenvalue weighted by atomic mass is 19.1. The van der Waals surface area contributed by atoms with E-state index in [2.05, 4.69) is 25.6 Å². The van der Waals surface area contributed by atoms with Crippen LogP contribution in [0.25, 0.3) is 0 Å². The van der Waals surface area contributed by atoms with E-state index in [-0.39, 0.29) is 30.9 Å². The second-order valence-electron chi connectivity index (χ2n) is 14.0. The van der Waals surface area contributed by atoms with E-state index in [0.717, 1.165) is 42.6 Å². The molecule has 3 aliphatic rings. The second kappa shape index (κ2) is 16.2. The molecule has 1 aromatic rings. The van der Waals surface area contributed by atoms with Crippen LogP contribution in [0.4, 0.5) is 4.39 Å². The monoisotopic (exact) mass is 568 g/mol. The quantitative estimate of drug-likeness (QED) is 0.146. The van der Waals surface area contributed by atoms with Gasteiger partial charge in [0.05, 0.1) is 6.61 Å². The smallest absolute Gasteiger partial charge is 0.333 e. The summed E-state index contributed by atoms with van der Waals surface area (Å²) in [5, 5.41) is 9.79. The topological polar surface area (TPSA) is 46.5 Å². The van der Waals surface area contributed by atoms with Crippen molar-refractivity contribution >= 4 is 5.97 Å². The number of carbonyl (C=O) groups is 1. The van der Waals surface area contributed by atoms with E-state index in [0.29, 0.717) is 23.3 Å². The molecule has 0 aromatic heterocycles. The van der Waals surface area contributed by atoms with Crippen molar-refractivity contribution in [2.24, 2.45) is 29.6 Å². The summed E-state index contributed by atoms with van der Waals surface area (Å²) in [6.45, 7) is 7.90. The molecule has 230 valence electrons. The summed E-state index contributed by atoms with van der Waals surface area (Å²) in [6, 6.07) is 6.29. The summed E-state index contributed by atoms with van der Waals surface area (Å²) in [4.78, 5) is 11.7. The number of aliphatic hydroxyl groups excluding tert-OH is 1. The van der Waals surface area contributed by atoms with E-state index in [9.17, 15) is 9.90 Å². The third kappa shape index (κ3) is 9.40. The van der Waals surface area contributed by atoms with Gasteiger partial charge in [0.2, 0.25) is 0 Å². The van der Waals surface area contributed by atoms with Gasteiger partial charge in [-0.3, -0.25) is 0 Å². The standard InChI is InChI=1S/C37H57FO3/c1-4-5-6-7-27-8-12-32(13-9-27)34-20-21-35(36(38)23-34)33-18-16-31(17-19-33)30-14-10-28(11-15-30)22-29(24-39)25-41-37(40)26(2)3/h20-21,23,27-33,39H,2,4-19,22,24-25H2,1,3H3. The van der Waals surface area contributed by atoms with Gasteiger partial charge in [0, 0.05) is 18.1 Å². The van der Waals surface area contributed by atoms with E-state index >= 15 is 4.39 Å². The fraction of sp³-hybridized carbons (Fsp3) is 0.757. The number of unbranched alkanes of at least 4 members (excludes halogenated alkanes) is 2. The predicted octanol–water partition coefficient (Wildman–Crippen LogP) is 9.88. The molecular formula is C37H57FO3. The van der Waals surface area contributed by atoms with Crippen molar-refractivity contribution in [1.82, 2.24) is 0 Å². The number of hydrogen-bond acceptors (Lipinski definition) is 3. The molecule has 0 radical (unpaired) electrons. The van der Waals surface area contributed by atoms with Crippen LogP contribution in [0.2, 0.25) is 0 Å². The molecular weight excluding hydrogens is 511 g/mol. The molecule has 0 spiro atoms. The molecule has 0 amide bonds. The zero-order valence-corrected chi connectivity index (χ0v) is 26.1.